The van der Waals surface area contributed by atoms with E-state index in [-0.39, 0.29) is 23.5 Å². The van der Waals surface area contributed by atoms with E-state index in [0.717, 1.165) is 17.5 Å². The van der Waals surface area contributed by atoms with Gasteiger partial charge in [0.1, 0.15) is 17.3 Å². The predicted octanol–water partition coefficient (Wildman–Crippen LogP) is 4.68. The summed E-state index contributed by atoms with van der Waals surface area (Å²) in [5.74, 6) is -0.136. The van der Waals surface area contributed by atoms with E-state index >= 15 is 0 Å². The lowest BCUT2D eigenvalue weighted by Crippen LogP contribution is -2.39. The van der Waals surface area contributed by atoms with Gasteiger partial charge in [0.25, 0.3) is 5.91 Å². The molecular weight excluding hydrogens is 395 g/mol. The van der Waals surface area contributed by atoms with Crippen molar-refractivity contribution in [3.05, 3.63) is 77.4 Å². The van der Waals surface area contributed by atoms with Gasteiger partial charge in [-0.3, -0.25) is 4.79 Å². The van der Waals surface area contributed by atoms with Crippen LogP contribution in [0.5, 0.6) is 5.75 Å². The molecule has 158 valence electrons. The molecule has 2 aromatic carbocycles. The molecule has 0 fully saturated rings. The average Bonchev–Trinajstić information content (AvgIpc) is 2.80. The van der Waals surface area contributed by atoms with E-state index in [1.807, 2.05) is 24.3 Å². The Bertz CT molecular complexity index is 1180. The number of anilines is 1. The van der Waals surface area contributed by atoms with Crippen LogP contribution >= 0.6 is 0 Å². The minimum absolute atomic E-state index is 0.245. The predicted molar refractivity (Wildman–Crippen MR) is 119 cm³/mol. The van der Waals surface area contributed by atoms with Crippen molar-refractivity contribution in [2.75, 3.05) is 12.4 Å². The van der Waals surface area contributed by atoms with Crippen molar-refractivity contribution in [1.29, 1.82) is 5.41 Å². The second kappa shape index (κ2) is 8.95. The molecule has 3 N–H and O–H groups in total. The van der Waals surface area contributed by atoms with Gasteiger partial charge in [-0.15, -0.1) is 0 Å². The highest BCUT2D eigenvalue weighted by molar-refractivity contribution is 5.98. The molecule has 7 heteroatoms. The summed E-state index contributed by atoms with van der Waals surface area (Å²) in [4.78, 5) is 17.5. The number of hydrogen-bond donors (Lipinski definition) is 3. The van der Waals surface area contributed by atoms with Crippen molar-refractivity contribution in [2.45, 2.75) is 25.3 Å². The summed E-state index contributed by atoms with van der Waals surface area (Å²) in [5, 5.41) is 14.8. The first-order chi connectivity index (χ1) is 15.1. The summed E-state index contributed by atoms with van der Waals surface area (Å²) in [6.45, 7) is 0. The molecule has 1 atom stereocenters. The van der Waals surface area contributed by atoms with Gasteiger partial charge in [-0.05, 0) is 43.5 Å². The molecule has 1 unspecified atom stereocenters. The van der Waals surface area contributed by atoms with E-state index in [4.69, 9.17) is 10.1 Å². The maximum Gasteiger partial charge on any atom is 0.270 e. The van der Waals surface area contributed by atoms with Gasteiger partial charge in [-0.1, -0.05) is 24.3 Å². The number of nitrogens with zero attached hydrogens (tertiary/aromatic N) is 1. The number of benzene rings is 2. The van der Waals surface area contributed by atoms with E-state index in [1.54, 1.807) is 31.4 Å². The summed E-state index contributed by atoms with van der Waals surface area (Å²) in [5.41, 5.74) is 2.63. The molecule has 4 rings (SSSR count). The average molecular weight is 418 g/mol. The monoisotopic (exact) mass is 418 g/mol. The fourth-order valence-electron chi connectivity index (χ4n) is 3.85. The molecule has 0 saturated heterocycles. The number of hydrogen-bond acceptors (Lipinski definition) is 5. The SMILES string of the molecule is COc1cc(C(=O)NC2CCCC(Nc3ccccc3F)=C2C=N)nc2ccccc12. The van der Waals surface area contributed by atoms with Crippen LogP contribution in [0.4, 0.5) is 10.1 Å². The van der Waals surface area contributed by atoms with E-state index < -0.39 is 0 Å². The molecule has 1 aromatic heterocycles. The second-order valence-electron chi connectivity index (χ2n) is 7.33. The van der Waals surface area contributed by atoms with Crippen LogP contribution in [0.25, 0.3) is 10.9 Å². The molecule has 31 heavy (non-hydrogen) atoms. The van der Waals surface area contributed by atoms with E-state index in [0.29, 0.717) is 35.4 Å². The van der Waals surface area contributed by atoms with Crippen molar-refractivity contribution >= 4 is 28.7 Å². The molecule has 1 aliphatic carbocycles. The molecular formula is C24H23FN4O2. The van der Waals surface area contributed by atoms with Gasteiger partial charge in [0.15, 0.2) is 0 Å². The smallest absolute Gasteiger partial charge is 0.270 e. The number of methoxy groups -OCH3 is 1. The molecule has 3 aromatic rings. The molecule has 6 nitrogen and oxygen atoms in total. The number of rotatable bonds is 6. The van der Waals surface area contributed by atoms with Crippen LogP contribution in [0.2, 0.25) is 0 Å². The van der Waals surface area contributed by atoms with Crippen molar-refractivity contribution < 1.29 is 13.9 Å². The molecule has 1 heterocycles. The number of pyridine rings is 1. The van der Waals surface area contributed by atoms with Gasteiger partial charge in [-0.25, -0.2) is 9.37 Å². The Hall–Kier alpha value is -3.74. The van der Waals surface area contributed by atoms with Gasteiger partial charge in [-0.2, -0.15) is 0 Å². The number of fused-ring (bicyclic) bond motifs is 1. The minimum atomic E-state index is -0.368. The molecule has 0 aliphatic heterocycles. The molecule has 0 bridgehead atoms. The van der Waals surface area contributed by atoms with E-state index in [9.17, 15) is 9.18 Å². The first kappa shape index (κ1) is 20.5. The zero-order valence-corrected chi connectivity index (χ0v) is 17.1. The third kappa shape index (κ3) is 4.26. The number of carbonyl (C=O) groups excluding carboxylic acids is 1. The Balaban J connectivity index is 1.61. The fraction of sp³-hybridized carbons (Fsp3) is 0.208. The number of aromatic nitrogens is 1. The van der Waals surface area contributed by atoms with Gasteiger partial charge in [0.05, 0.1) is 24.4 Å². The maximum atomic E-state index is 14.1. The summed E-state index contributed by atoms with van der Waals surface area (Å²) >= 11 is 0. The summed E-state index contributed by atoms with van der Waals surface area (Å²) in [6.07, 6.45) is 3.38. The normalized spacial score (nSPS) is 16.1. The Kier molecular flexibility index (Phi) is 5.93. The van der Waals surface area contributed by atoms with Crippen molar-refractivity contribution in [3.63, 3.8) is 0 Å². The molecule has 0 radical (unpaired) electrons. The number of allylic oxidation sites excluding steroid dienone is 1. The molecule has 0 saturated carbocycles. The molecule has 1 aliphatic rings. The summed E-state index contributed by atoms with van der Waals surface area (Å²) in [6, 6.07) is 15.1. The largest absolute Gasteiger partial charge is 0.496 e. The van der Waals surface area contributed by atoms with Crippen molar-refractivity contribution in [1.82, 2.24) is 10.3 Å². The first-order valence-electron chi connectivity index (χ1n) is 10.1. The highest BCUT2D eigenvalue weighted by atomic mass is 19.1. The Morgan fingerprint density at radius 1 is 1.23 bits per heavy atom. The van der Waals surface area contributed by atoms with Crippen molar-refractivity contribution in [2.24, 2.45) is 0 Å². The van der Waals surface area contributed by atoms with E-state index in [2.05, 4.69) is 15.6 Å². The third-order valence-electron chi connectivity index (χ3n) is 5.39. The van der Waals surface area contributed by atoms with Crippen LogP contribution in [0.15, 0.2) is 65.9 Å². The van der Waals surface area contributed by atoms with Gasteiger partial charge < -0.3 is 20.8 Å². The lowest BCUT2D eigenvalue weighted by Gasteiger charge is -2.28. The molecule has 0 spiro atoms. The minimum Gasteiger partial charge on any atom is -0.496 e. The fourth-order valence-corrected chi connectivity index (χ4v) is 3.85. The zero-order valence-electron chi connectivity index (χ0n) is 17.1. The number of nitrogens with one attached hydrogen (secondary N) is 3. The zero-order chi connectivity index (χ0) is 21.8. The molecule has 1 amide bonds. The second-order valence-corrected chi connectivity index (χ2v) is 7.33. The Morgan fingerprint density at radius 2 is 2.00 bits per heavy atom. The van der Waals surface area contributed by atoms with Crippen LogP contribution < -0.4 is 15.4 Å². The highest BCUT2D eigenvalue weighted by Gasteiger charge is 2.25. The van der Waals surface area contributed by atoms with Crippen molar-refractivity contribution in [3.8, 4) is 5.75 Å². The van der Waals surface area contributed by atoms with Crippen LogP contribution in [-0.2, 0) is 0 Å². The van der Waals surface area contributed by atoms with Crippen LogP contribution in [0.1, 0.15) is 29.8 Å². The topological polar surface area (TPSA) is 87.1 Å². The number of ether oxygens (including phenoxy) is 1. The quantitative estimate of drug-likeness (QED) is 0.507. The standard InChI is InChI=1S/C24H23FN4O2/c1-31-23-13-22(28-18-9-4-2-7-15(18)23)24(30)29-20-12-6-11-19(16(20)14-26)27-21-10-5-3-8-17(21)25/h2-5,7-10,13-14,20,26-27H,6,11-12H2,1H3,(H,29,30). The Labute approximate surface area is 179 Å². The lowest BCUT2D eigenvalue weighted by atomic mass is 9.91. The van der Waals surface area contributed by atoms with Crippen LogP contribution in [-0.4, -0.2) is 30.3 Å². The number of carbonyl (C=O) groups is 1. The van der Waals surface area contributed by atoms with Gasteiger partial charge >= 0.3 is 0 Å². The number of amides is 1. The Morgan fingerprint density at radius 3 is 2.77 bits per heavy atom. The van der Waals surface area contributed by atoms with Crippen LogP contribution in [0.3, 0.4) is 0 Å². The summed E-state index contributed by atoms with van der Waals surface area (Å²) < 4.78 is 19.5. The third-order valence-corrected chi connectivity index (χ3v) is 5.39. The summed E-state index contributed by atoms with van der Waals surface area (Å²) in [7, 11) is 1.56. The van der Waals surface area contributed by atoms with Gasteiger partial charge in [0, 0.05) is 28.9 Å². The van der Waals surface area contributed by atoms with Crippen LogP contribution in [0, 0.1) is 11.2 Å². The highest BCUT2D eigenvalue weighted by Crippen LogP contribution is 2.28. The van der Waals surface area contributed by atoms with E-state index in [1.165, 1.54) is 12.3 Å². The first-order valence-corrected chi connectivity index (χ1v) is 10.1. The number of halogens is 1. The van der Waals surface area contributed by atoms with Gasteiger partial charge in [0.2, 0.25) is 0 Å². The maximum absolute atomic E-state index is 14.1. The number of para-hydroxylation sites is 2. The lowest BCUT2D eigenvalue weighted by molar-refractivity contribution is 0.0935.